The van der Waals surface area contributed by atoms with E-state index in [-0.39, 0.29) is 29.2 Å². The van der Waals surface area contributed by atoms with E-state index >= 15 is 0 Å². The molecule has 7 nitrogen and oxygen atoms in total. The molecule has 2 aromatic rings. The fraction of sp³-hybridized carbons (Fsp3) is 0.333. The lowest BCUT2D eigenvalue weighted by molar-refractivity contribution is -0.117. The maximum absolute atomic E-state index is 12.6. The van der Waals surface area contributed by atoms with Gasteiger partial charge in [-0.25, -0.2) is 13.1 Å². The normalized spacial score (nSPS) is 15.8. The van der Waals surface area contributed by atoms with Gasteiger partial charge in [0.1, 0.15) is 0 Å². The zero-order valence-electron chi connectivity index (χ0n) is 16.3. The van der Waals surface area contributed by atoms with Crippen LogP contribution in [0.3, 0.4) is 0 Å². The molecule has 0 aliphatic carbocycles. The van der Waals surface area contributed by atoms with Gasteiger partial charge in [0.25, 0.3) is 0 Å². The van der Waals surface area contributed by atoms with E-state index in [4.69, 9.17) is 0 Å². The molecule has 29 heavy (non-hydrogen) atoms. The lowest BCUT2D eigenvalue weighted by atomic mass is 10.1. The molecule has 2 aromatic carbocycles. The molecule has 8 heteroatoms. The summed E-state index contributed by atoms with van der Waals surface area (Å²) in [6, 6.07) is 15.1. The van der Waals surface area contributed by atoms with Crippen LogP contribution in [0.2, 0.25) is 0 Å². The molecule has 0 bridgehead atoms. The van der Waals surface area contributed by atoms with E-state index in [0.29, 0.717) is 31.5 Å². The lowest BCUT2D eigenvalue weighted by Gasteiger charge is -2.31. The molecule has 0 radical (unpaired) electrons. The number of hydrogen-bond acceptors (Lipinski definition) is 5. The predicted molar refractivity (Wildman–Crippen MR) is 111 cm³/mol. The van der Waals surface area contributed by atoms with Crippen LogP contribution in [0.15, 0.2) is 59.5 Å². The number of carbonyl (C=O) groups excluding carboxylic acids is 2. The first kappa shape index (κ1) is 21.2. The van der Waals surface area contributed by atoms with Gasteiger partial charge in [0.05, 0.1) is 11.4 Å². The Morgan fingerprint density at radius 2 is 1.72 bits per heavy atom. The standard InChI is InChI=1S/C21H25N3O4S/c1-16(25)17-6-5-9-20(14-17)29(27,28)23-19-10-12-24(13-11-19)15-21(26)22-18-7-3-2-4-8-18/h2-9,14,19,23H,10-13,15H2,1H3,(H,22,26). The van der Waals surface area contributed by atoms with Crippen LogP contribution in [0.4, 0.5) is 5.69 Å². The summed E-state index contributed by atoms with van der Waals surface area (Å²) in [4.78, 5) is 25.8. The fourth-order valence-electron chi connectivity index (χ4n) is 3.30. The molecule has 0 saturated carbocycles. The molecule has 1 heterocycles. The van der Waals surface area contributed by atoms with Crippen molar-refractivity contribution in [2.24, 2.45) is 0 Å². The number of rotatable bonds is 7. The quantitative estimate of drug-likeness (QED) is 0.677. The summed E-state index contributed by atoms with van der Waals surface area (Å²) in [6.45, 7) is 2.93. The van der Waals surface area contributed by atoms with Gasteiger partial charge in [-0.3, -0.25) is 14.5 Å². The van der Waals surface area contributed by atoms with Crippen LogP contribution in [0.25, 0.3) is 0 Å². The second-order valence-electron chi connectivity index (χ2n) is 7.17. The number of hydrogen-bond donors (Lipinski definition) is 2. The van der Waals surface area contributed by atoms with Gasteiger partial charge in [0.15, 0.2) is 5.78 Å². The highest BCUT2D eigenvalue weighted by Crippen LogP contribution is 2.17. The van der Waals surface area contributed by atoms with E-state index < -0.39 is 10.0 Å². The van der Waals surface area contributed by atoms with E-state index in [1.54, 1.807) is 12.1 Å². The first-order valence-electron chi connectivity index (χ1n) is 9.54. The molecule has 0 atom stereocenters. The highest BCUT2D eigenvalue weighted by molar-refractivity contribution is 7.89. The third kappa shape index (κ3) is 5.96. The van der Waals surface area contributed by atoms with Crippen molar-refractivity contribution < 1.29 is 18.0 Å². The third-order valence-corrected chi connectivity index (χ3v) is 6.40. The van der Waals surface area contributed by atoms with Crippen LogP contribution in [0.1, 0.15) is 30.1 Å². The molecule has 3 rings (SSSR count). The van der Waals surface area contributed by atoms with E-state index in [2.05, 4.69) is 10.0 Å². The first-order valence-corrected chi connectivity index (χ1v) is 11.0. The number of nitrogens with zero attached hydrogens (tertiary/aromatic N) is 1. The van der Waals surface area contributed by atoms with Crippen molar-refractivity contribution in [3.8, 4) is 0 Å². The number of sulfonamides is 1. The van der Waals surface area contributed by atoms with Gasteiger partial charge in [0, 0.05) is 30.4 Å². The highest BCUT2D eigenvalue weighted by Gasteiger charge is 2.25. The summed E-state index contributed by atoms with van der Waals surface area (Å²) in [5.74, 6) is -0.264. The minimum absolute atomic E-state index is 0.0868. The number of ketones is 1. The van der Waals surface area contributed by atoms with E-state index in [1.165, 1.54) is 19.1 Å². The summed E-state index contributed by atoms with van der Waals surface area (Å²) in [6.07, 6.45) is 1.23. The van der Waals surface area contributed by atoms with Crippen molar-refractivity contribution in [3.05, 3.63) is 60.2 Å². The molecular formula is C21H25N3O4S. The largest absolute Gasteiger partial charge is 0.325 e. The van der Waals surface area contributed by atoms with Gasteiger partial charge in [-0.2, -0.15) is 0 Å². The van der Waals surface area contributed by atoms with Crippen molar-refractivity contribution >= 4 is 27.4 Å². The van der Waals surface area contributed by atoms with E-state index in [1.807, 2.05) is 35.2 Å². The lowest BCUT2D eigenvalue weighted by Crippen LogP contribution is -2.46. The molecule has 154 valence electrons. The molecule has 0 unspecified atom stereocenters. The Morgan fingerprint density at radius 1 is 1.03 bits per heavy atom. The molecule has 0 spiro atoms. The molecule has 1 aliphatic rings. The van der Waals surface area contributed by atoms with Gasteiger partial charge in [-0.05, 0) is 44.0 Å². The van der Waals surface area contributed by atoms with Gasteiger partial charge in [0.2, 0.25) is 15.9 Å². The molecule has 1 aliphatic heterocycles. The fourth-order valence-corrected chi connectivity index (χ4v) is 4.65. The van der Waals surface area contributed by atoms with Crippen molar-refractivity contribution in [1.29, 1.82) is 0 Å². The van der Waals surface area contributed by atoms with Gasteiger partial charge in [-0.15, -0.1) is 0 Å². The van der Waals surface area contributed by atoms with Crippen LogP contribution < -0.4 is 10.0 Å². The molecule has 1 saturated heterocycles. The molecule has 0 aromatic heterocycles. The zero-order chi connectivity index (χ0) is 20.9. The third-order valence-electron chi connectivity index (χ3n) is 4.89. The molecular weight excluding hydrogens is 390 g/mol. The van der Waals surface area contributed by atoms with Crippen molar-refractivity contribution in [1.82, 2.24) is 9.62 Å². The number of likely N-dealkylation sites (tertiary alicyclic amines) is 1. The van der Waals surface area contributed by atoms with Crippen molar-refractivity contribution in [3.63, 3.8) is 0 Å². The van der Waals surface area contributed by atoms with Crippen LogP contribution in [0.5, 0.6) is 0 Å². The Bertz CT molecular complexity index is 968. The number of Topliss-reactive ketones (excluding diaryl/α,β-unsaturated/α-hetero) is 1. The second kappa shape index (κ2) is 9.30. The topological polar surface area (TPSA) is 95.6 Å². The maximum Gasteiger partial charge on any atom is 0.240 e. The van der Waals surface area contributed by atoms with E-state index in [9.17, 15) is 18.0 Å². The maximum atomic E-state index is 12.6. The van der Waals surface area contributed by atoms with Crippen molar-refractivity contribution in [2.45, 2.75) is 30.7 Å². The Labute approximate surface area is 171 Å². The summed E-state index contributed by atoms with van der Waals surface area (Å²) < 4.78 is 28.0. The van der Waals surface area contributed by atoms with Crippen LogP contribution in [-0.4, -0.2) is 50.7 Å². The Hall–Kier alpha value is -2.55. The summed E-state index contributed by atoms with van der Waals surface area (Å²) >= 11 is 0. The van der Waals surface area contributed by atoms with Crippen LogP contribution in [0, 0.1) is 0 Å². The average molecular weight is 416 g/mol. The Balaban J connectivity index is 1.51. The van der Waals surface area contributed by atoms with Gasteiger partial charge < -0.3 is 5.32 Å². The number of benzene rings is 2. The minimum Gasteiger partial charge on any atom is -0.325 e. The second-order valence-corrected chi connectivity index (χ2v) is 8.88. The van der Waals surface area contributed by atoms with E-state index in [0.717, 1.165) is 5.69 Å². The monoisotopic (exact) mass is 415 g/mol. The summed E-state index contributed by atoms with van der Waals surface area (Å²) in [5, 5.41) is 2.85. The van der Waals surface area contributed by atoms with Crippen molar-refractivity contribution in [2.75, 3.05) is 25.0 Å². The number of anilines is 1. The number of para-hydroxylation sites is 1. The smallest absolute Gasteiger partial charge is 0.240 e. The number of amides is 1. The minimum atomic E-state index is -3.70. The predicted octanol–water partition coefficient (Wildman–Crippen LogP) is 2.27. The van der Waals surface area contributed by atoms with Gasteiger partial charge >= 0.3 is 0 Å². The first-order chi connectivity index (χ1) is 13.8. The van der Waals surface area contributed by atoms with Gasteiger partial charge in [-0.1, -0.05) is 30.3 Å². The molecule has 2 N–H and O–H groups in total. The molecule has 1 fully saturated rings. The number of piperidine rings is 1. The Kier molecular flexibility index (Phi) is 6.79. The highest BCUT2D eigenvalue weighted by atomic mass is 32.2. The SMILES string of the molecule is CC(=O)c1cccc(S(=O)(=O)NC2CCN(CC(=O)Nc3ccccc3)CC2)c1. The average Bonchev–Trinajstić information content (AvgIpc) is 2.70. The number of nitrogens with one attached hydrogen (secondary N) is 2. The van der Waals surface area contributed by atoms with Crippen LogP contribution in [-0.2, 0) is 14.8 Å². The zero-order valence-corrected chi connectivity index (χ0v) is 17.1. The number of carbonyl (C=O) groups is 2. The summed E-state index contributed by atoms with van der Waals surface area (Å²) in [5.41, 5.74) is 1.13. The summed E-state index contributed by atoms with van der Waals surface area (Å²) in [7, 11) is -3.70. The Morgan fingerprint density at radius 3 is 2.38 bits per heavy atom. The molecule has 1 amide bonds. The van der Waals surface area contributed by atoms with Crippen LogP contribution >= 0.6 is 0 Å².